The Balaban J connectivity index is 3.00. The lowest BCUT2D eigenvalue weighted by molar-refractivity contribution is 0.619. The van der Waals surface area contributed by atoms with Gasteiger partial charge in [0.2, 0.25) is 0 Å². The first-order chi connectivity index (χ1) is 6.07. The molecule has 0 unspecified atom stereocenters. The number of hydrogen-bond acceptors (Lipinski definition) is 1. The third-order valence-corrected chi connectivity index (χ3v) is 2.26. The standard InChI is InChI=1S/C12H19N/c1-5-10-7-8-12(3,4)9-11(6-2)13-10/h7-9H,5-6H2,1-4H3. The number of nitrogens with zero attached hydrogens (tertiary/aromatic N) is 1. The van der Waals surface area contributed by atoms with E-state index in [0.717, 1.165) is 12.8 Å². The van der Waals surface area contributed by atoms with E-state index in [0.29, 0.717) is 0 Å². The van der Waals surface area contributed by atoms with Gasteiger partial charge in [-0.25, -0.2) is 0 Å². The fourth-order valence-corrected chi connectivity index (χ4v) is 1.42. The Morgan fingerprint density at radius 1 is 1.23 bits per heavy atom. The van der Waals surface area contributed by atoms with E-state index in [-0.39, 0.29) is 5.41 Å². The van der Waals surface area contributed by atoms with Gasteiger partial charge < -0.3 is 0 Å². The predicted molar refractivity (Wildman–Crippen MR) is 59.0 cm³/mol. The number of rotatable bonds is 2. The highest BCUT2D eigenvalue weighted by Crippen LogP contribution is 2.25. The van der Waals surface area contributed by atoms with Crippen molar-refractivity contribution in [1.29, 1.82) is 0 Å². The summed E-state index contributed by atoms with van der Waals surface area (Å²) in [6.45, 7) is 8.74. The van der Waals surface area contributed by atoms with E-state index < -0.39 is 0 Å². The average molecular weight is 177 g/mol. The zero-order valence-electron chi connectivity index (χ0n) is 9.09. The van der Waals surface area contributed by atoms with Crippen molar-refractivity contribution in [2.75, 3.05) is 0 Å². The summed E-state index contributed by atoms with van der Waals surface area (Å²) < 4.78 is 0. The first kappa shape index (κ1) is 10.2. The highest BCUT2D eigenvalue weighted by Gasteiger charge is 2.13. The van der Waals surface area contributed by atoms with Crippen LogP contribution in [-0.2, 0) is 0 Å². The number of hydrogen-bond donors (Lipinski definition) is 0. The van der Waals surface area contributed by atoms with Crippen molar-refractivity contribution in [3.63, 3.8) is 0 Å². The molecule has 72 valence electrons. The summed E-state index contributed by atoms with van der Waals surface area (Å²) >= 11 is 0. The molecule has 0 fully saturated rings. The van der Waals surface area contributed by atoms with Crippen molar-refractivity contribution in [3.8, 4) is 0 Å². The Kier molecular flexibility index (Phi) is 3.07. The van der Waals surface area contributed by atoms with E-state index in [4.69, 9.17) is 0 Å². The molecule has 0 amide bonds. The molecule has 1 rings (SSSR count). The minimum absolute atomic E-state index is 0.158. The molecule has 0 aromatic rings. The highest BCUT2D eigenvalue weighted by atomic mass is 14.8. The Morgan fingerprint density at radius 2 is 1.92 bits per heavy atom. The smallest absolute Gasteiger partial charge is 0.0401 e. The predicted octanol–water partition coefficient (Wildman–Crippen LogP) is 3.73. The molecule has 0 aromatic carbocycles. The minimum atomic E-state index is 0.158. The molecule has 0 spiro atoms. The maximum absolute atomic E-state index is 4.60. The molecule has 1 aliphatic heterocycles. The third kappa shape index (κ3) is 2.83. The van der Waals surface area contributed by atoms with E-state index in [9.17, 15) is 0 Å². The number of aliphatic imine (C=N–C) groups is 1. The summed E-state index contributed by atoms with van der Waals surface area (Å²) in [4.78, 5) is 4.60. The van der Waals surface area contributed by atoms with E-state index in [1.165, 1.54) is 11.4 Å². The van der Waals surface area contributed by atoms with Crippen LogP contribution < -0.4 is 0 Å². The topological polar surface area (TPSA) is 12.4 Å². The molecular formula is C12H19N. The van der Waals surface area contributed by atoms with E-state index in [1.54, 1.807) is 0 Å². The molecule has 1 aliphatic rings. The van der Waals surface area contributed by atoms with Crippen molar-refractivity contribution in [2.24, 2.45) is 10.4 Å². The van der Waals surface area contributed by atoms with Crippen molar-refractivity contribution in [3.05, 3.63) is 23.9 Å². The van der Waals surface area contributed by atoms with Gasteiger partial charge in [-0.05, 0) is 18.9 Å². The van der Waals surface area contributed by atoms with Gasteiger partial charge in [0.05, 0.1) is 0 Å². The summed E-state index contributed by atoms with van der Waals surface area (Å²) in [6.07, 6.45) is 8.68. The molecule has 0 bridgehead atoms. The fourth-order valence-electron chi connectivity index (χ4n) is 1.42. The van der Waals surface area contributed by atoms with Gasteiger partial charge in [-0.1, -0.05) is 39.8 Å². The Morgan fingerprint density at radius 3 is 2.46 bits per heavy atom. The van der Waals surface area contributed by atoms with Crippen LogP contribution in [-0.4, -0.2) is 5.71 Å². The zero-order chi connectivity index (χ0) is 9.90. The van der Waals surface area contributed by atoms with Gasteiger partial charge in [0, 0.05) is 16.8 Å². The summed E-state index contributed by atoms with van der Waals surface area (Å²) in [5.74, 6) is 0. The van der Waals surface area contributed by atoms with Crippen LogP contribution in [0.5, 0.6) is 0 Å². The van der Waals surface area contributed by atoms with Crippen LogP contribution in [0.1, 0.15) is 40.5 Å². The number of allylic oxidation sites excluding steroid dienone is 4. The average Bonchev–Trinajstić information content (AvgIpc) is 2.23. The van der Waals surface area contributed by atoms with Gasteiger partial charge >= 0.3 is 0 Å². The molecule has 0 saturated heterocycles. The van der Waals surface area contributed by atoms with Crippen LogP contribution in [0.15, 0.2) is 28.9 Å². The second-order valence-electron chi connectivity index (χ2n) is 4.10. The van der Waals surface area contributed by atoms with Crippen molar-refractivity contribution < 1.29 is 0 Å². The van der Waals surface area contributed by atoms with Crippen LogP contribution in [0.3, 0.4) is 0 Å². The summed E-state index contributed by atoms with van der Waals surface area (Å²) in [7, 11) is 0. The molecule has 1 heteroatoms. The maximum Gasteiger partial charge on any atom is 0.0401 e. The normalized spacial score (nSPS) is 20.6. The minimum Gasteiger partial charge on any atom is -0.258 e. The maximum atomic E-state index is 4.60. The zero-order valence-corrected chi connectivity index (χ0v) is 9.09. The molecular weight excluding hydrogens is 158 g/mol. The third-order valence-electron chi connectivity index (χ3n) is 2.26. The van der Waals surface area contributed by atoms with Crippen molar-refractivity contribution >= 4 is 5.71 Å². The van der Waals surface area contributed by atoms with E-state index in [2.05, 4.69) is 50.9 Å². The van der Waals surface area contributed by atoms with Gasteiger partial charge in [-0.15, -0.1) is 0 Å². The summed E-state index contributed by atoms with van der Waals surface area (Å²) in [6, 6.07) is 0. The van der Waals surface area contributed by atoms with Crippen LogP contribution in [0, 0.1) is 5.41 Å². The Labute approximate surface area is 81.3 Å². The Bertz CT molecular complexity index is 267. The molecule has 0 saturated carbocycles. The largest absolute Gasteiger partial charge is 0.258 e. The van der Waals surface area contributed by atoms with Gasteiger partial charge in [0.1, 0.15) is 0 Å². The van der Waals surface area contributed by atoms with Gasteiger partial charge in [0.15, 0.2) is 0 Å². The van der Waals surface area contributed by atoms with E-state index >= 15 is 0 Å². The highest BCUT2D eigenvalue weighted by molar-refractivity contribution is 5.95. The lowest BCUT2D eigenvalue weighted by Gasteiger charge is -2.13. The molecule has 0 atom stereocenters. The lowest BCUT2D eigenvalue weighted by Crippen LogP contribution is -2.02. The van der Waals surface area contributed by atoms with Gasteiger partial charge in [0.25, 0.3) is 0 Å². The molecule has 1 heterocycles. The molecule has 13 heavy (non-hydrogen) atoms. The SMILES string of the molecule is CCC1=CC(C)(C)C=CC(CC)=N1. The molecule has 0 N–H and O–H groups in total. The fraction of sp³-hybridized carbons (Fsp3) is 0.583. The van der Waals surface area contributed by atoms with Gasteiger partial charge in [-0.3, -0.25) is 4.99 Å². The molecule has 0 radical (unpaired) electrons. The van der Waals surface area contributed by atoms with Gasteiger partial charge in [-0.2, -0.15) is 0 Å². The monoisotopic (exact) mass is 177 g/mol. The van der Waals surface area contributed by atoms with E-state index in [1.807, 2.05) is 0 Å². The van der Waals surface area contributed by atoms with Crippen molar-refractivity contribution in [2.45, 2.75) is 40.5 Å². The van der Waals surface area contributed by atoms with Crippen molar-refractivity contribution in [1.82, 2.24) is 0 Å². The van der Waals surface area contributed by atoms with Crippen LogP contribution in [0.2, 0.25) is 0 Å². The van der Waals surface area contributed by atoms with Crippen LogP contribution >= 0.6 is 0 Å². The summed E-state index contributed by atoms with van der Waals surface area (Å²) in [5, 5.41) is 0. The quantitative estimate of drug-likeness (QED) is 0.609. The molecule has 0 aliphatic carbocycles. The van der Waals surface area contributed by atoms with Crippen LogP contribution in [0.4, 0.5) is 0 Å². The second kappa shape index (κ2) is 3.91. The first-order valence-electron chi connectivity index (χ1n) is 5.06. The van der Waals surface area contributed by atoms with Crippen LogP contribution in [0.25, 0.3) is 0 Å². The summed E-state index contributed by atoms with van der Waals surface area (Å²) in [5.41, 5.74) is 2.57. The Hall–Kier alpha value is -0.850. The lowest BCUT2D eigenvalue weighted by atomic mass is 9.91. The molecule has 0 aromatic heterocycles. The second-order valence-corrected chi connectivity index (χ2v) is 4.10. The first-order valence-corrected chi connectivity index (χ1v) is 5.06. The molecule has 1 nitrogen and oxygen atoms in total.